The Bertz CT molecular complexity index is 862. The Balaban J connectivity index is 2.57. The quantitative estimate of drug-likeness (QED) is 0.417. The van der Waals surface area contributed by atoms with Crippen molar-refractivity contribution < 1.29 is 9.18 Å². The average Bonchev–Trinajstić information content (AvgIpc) is 2.59. The van der Waals surface area contributed by atoms with Crippen LogP contribution in [-0.4, -0.2) is 10.6 Å². The fourth-order valence-corrected chi connectivity index (χ4v) is 3.18. The van der Waals surface area contributed by atoms with E-state index in [-0.39, 0.29) is 17.5 Å². The van der Waals surface area contributed by atoms with E-state index in [0.29, 0.717) is 28.1 Å². The predicted molar refractivity (Wildman–Crippen MR) is 110 cm³/mol. The summed E-state index contributed by atoms with van der Waals surface area (Å²) in [5.41, 5.74) is 9.94. The van der Waals surface area contributed by atoms with Crippen LogP contribution in [0.1, 0.15) is 49.2 Å². The van der Waals surface area contributed by atoms with E-state index in [1.165, 1.54) is 12.1 Å². The molecule has 2 aromatic rings. The number of thiocarbonyl (C=S) groups is 1. The number of benzene rings is 2. The Labute approximate surface area is 159 Å². The number of hydrogen-bond acceptors (Lipinski definition) is 3. The van der Waals surface area contributed by atoms with Crippen molar-refractivity contribution in [3.63, 3.8) is 0 Å². The van der Waals surface area contributed by atoms with Gasteiger partial charge < -0.3 is 5.73 Å². The molecular formula is C22H24FNOS. The van der Waals surface area contributed by atoms with Gasteiger partial charge in [0.25, 0.3) is 0 Å². The first-order chi connectivity index (χ1) is 12.2. The van der Waals surface area contributed by atoms with Gasteiger partial charge in [0, 0.05) is 22.0 Å². The number of carbonyl (C=O) groups is 1. The number of Topliss-reactive ketones (excluding diaryl/α,β-unsaturated/α-hetero) is 1. The summed E-state index contributed by atoms with van der Waals surface area (Å²) in [6, 6.07) is 10.4. The topological polar surface area (TPSA) is 43.1 Å². The third-order valence-corrected chi connectivity index (χ3v) is 4.53. The van der Waals surface area contributed by atoms with Crippen LogP contribution in [0.25, 0.3) is 11.1 Å². The molecule has 0 bridgehead atoms. The smallest absolute Gasteiger partial charge is 0.166 e. The first-order valence-corrected chi connectivity index (χ1v) is 9.10. The van der Waals surface area contributed by atoms with Crippen LogP contribution in [0.3, 0.4) is 0 Å². The second-order valence-electron chi connectivity index (χ2n) is 6.69. The Hall–Kier alpha value is -2.33. The molecule has 0 radical (unpaired) electrons. The third kappa shape index (κ3) is 4.44. The van der Waals surface area contributed by atoms with Crippen molar-refractivity contribution in [2.45, 2.75) is 34.1 Å². The molecule has 0 fully saturated rings. The Morgan fingerprint density at radius 2 is 1.85 bits per heavy atom. The number of aryl methyl sites for hydroxylation is 1. The Morgan fingerprint density at radius 3 is 2.35 bits per heavy atom. The van der Waals surface area contributed by atoms with Gasteiger partial charge in [0.2, 0.25) is 0 Å². The van der Waals surface area contributed by atoms with Gasteiger partial charge in [-0.3, -0.25) is 4.79 Å². The minimum Gasteiger partial charge on any atom is -0.402 e. The van der Waals surface area contributed by atoms with E-state index in [1.807, 2.05) is 45.0 Å². The highest BCUT2D eigenvalue weighted by Crippen LogP contribution is 2.30. The van der Waals surface area contributed by atoms with E-state index < -0.39 is 0 Å². The van der Waals surface area contributed by atoms with E-state index in [4.69, 9.17) is 18.0 Å². The number of allylic oxidation sites excluding steroid dienone is 2. The minimum absolute atomic E-state index is 0.0261. The van der Waals surface area contributed by atoms with Gasteiger partial charge in [0.15, 0.2) is 5.78 Å². The summed E-state index contributed by atoms with van der Waals surface area (Å²) < 4.78 is 14.1. The first kappa shape index (κ1) is 20.0. The van der Waals surface area contributed by atoms with E-state index in [1.54, 1.807) is 13.0 Å². The molecule has 0 unspecified atom stereocenters. The molecule has 0 aromatic heterocycles. The van der Waals surface area contributed by atoms with Crippen LogP contribution < -0.4 is 5.73 Å². The maximum Gasteiger partial charge on any atom is 0.166 e. The lowest BCUT2D eigenvalue weighted by Gasteiger charge is -2.16. The maximum atomic E-state index is 14.1. The molecule has 0 heterocycles. The summed E-state index contributed by atoms with van der Waals surface area (Å²) in [5, 5.41) is 0. The molecule has 2 rings (SSSR count). The molecule has 0 atom stereocenters. The third-order valence-electron chi connectivity index (χ3n) is 4.18. The summed E-state index contributed by atoms with van der Waals surface area (Å²) in [4.78, 5) is 13.4. The van der Waals surface area contributed by atoms with Crippen LogP contribution in [0.15, 0.2) is 48.2 Å². The first-order valence-electron chi connectivity index (χ1n) is 8.69. The lowest BCUT2D eigenvalue weighted by molar-refractivity contribution is 0.0939. The lowest BCUT2D eigenvalue weighted by Crippen LogP contribution is -2.12. The fourth-order valence-electron chi connectivity index (χ4n) is 2.85. The van der Waals surface area contributed by atoms with Crippen LogP contribution in [0, 0.1) is 11.7 Å². The molecule has 2 N–H and O–H groups in total. The summed E-state index contributed by atoms with van der Waals surface area (Å²) in [6.45, 7) is 7.43. The number of halogens is 1. The molecule has 0 aliphatic rings. The van der Waals surface area contributed by atoms with Crippen molar-refractivity contribution >= 4 is 22.9 Å². The zero-order valence-electron chi connectivity index (χ0n) is 15.6. The number of rotatable bonds is 6. The largest absolute Gasteiger partial charge is 0.402 e. The van der Waals surface area contributed by atoms with Gasteiger partial charge in [0.05, 0.1) is 0 Å². The molecule has 2 aromatic carbocycles. The highest BCUT2D eigenvalue weighted by atomic mass is 32.1. The van der Waals surface area contributed by atoms with Gasteiger partial charge >= 0.3 is 0 Å². The molecule has 0 amide bonds. The zero-order chi connectivity index (χ0) is 19.4. The average molecular weight is 370 g/mol. The fraction of sp³-hybridized carbons (Fsp3) is 0.273. The summed E-state index contributed by atoms with van der Waals surface area (Å²) in [7, 11) is 0. The van der Waals surface area contributed by atoms with Crippen molar-refractivity contribution in [3.8, 4) is 11.1 Å². The van der Waals surface area contributed by atoms with Gasteiger partial charge in [0.1, 0.15) is 5.82 Å². The van der Waals surface area contributed by atoms with Gasteiger partial charge in [-0.1, -0.05) is 57.3 Å². The van der Waals surface area contributed by atoms with Gasteiger partial charge in [-0.25, -0.2) is 4.39 Å². The van der Waals surface area contributed by atoms with Gasteiger partial charge in [-0.2, -0.15) is 0 Å². The molecule has 26 heavy (non-hydrogen) atoms. The Kier molecular flexibility index (Phi) is 6.43. The molecule has 0 aliphatic heterocycles. The normalized spacial score (nSPS) is 11.7. The molecular weight excluding hydrogens is 345 g/mol. The second-order valence-corrected chi connectivity index (χ2v) is 7.13. The van der Waals surface area contributed by atoms with Crippen LogP contribution in [0.5, 0.6) is 0 Å². The summed E-state index contributed by atoms with van der Waals surface area (Å²) in [6.07, 6.45) is 2.33. The summed E-state index contributed by atoms with van der Waals surface area (Å²) >= 11 is 5.35. The predicted octanol–water partition coefficient (Wildman–Crippen LogP) is 5.47. The van der Waals surface area contributed by atoms with Crippen LogP contribution in [-0.2, 0) is 6.42 Å². The highest BCUT2D eigenvalue weighted by Gasteiger charge is 2.20. The molecule has 0 aliphatic carbocycles. The molecule has 2 nitrogen and oxygen atoms in total. The zero-order valence-corrected chi connectivity index (χ0v) is 16.4. The van der Waals surface area contributed by atoms with Crippen molar-refractivity contribution in [2.24, 2.45) is 11.7 Å². The van der Waals surface area contributed by atoms with Crippen LogP contribution >= 0.6 is 12.2 Å². The molecule has 0 saturated carbocycles. The van der Waals surface area contributed by atoms with Crippen molar-refractivity contribution in [1.29, 1.82) is 0 Å². The SMILES string of the molecule is CCc1cc(F)cc(-c2ccc(C(=S)/C=C(/C)N)cc2)c1C(=O)C(C)C. The van der Waals surface area contributed by atoms with E-state index >= 15 is 0 Å². The summed E-state index contributed by atoms with van der Waals surface area (Å²) in [5.74, 6) is -0.467. The number of carbonyl (C=O) groups excluding carboxylic acids is 1. The molecule has 0 saturated heterocycles. The van der Waals surface area contributed by atoms with Crippen molar-refractivity contribution in [2.75, 3.05) is 0 Å². The van der Waals surface area contributed by atoms with Gasteiger partial charge in [-0.05, 0) is 53.8 Å². The minimum atomic E-state index is -0.335. The Morgan fingerprint density at radius 1 is 1.23 bits per heavy atom. The van der Waals surface area contributed by atoms with Gasteiger partial charge in [-0.15, -0.1) is 0 Å². The maximum absolute atomic E-state index is 14.1. The highest BCUT2D eigenvalue weighted by molar-refractivity contribution is 7.81. The molecule has 0 spiro atoms. The molecule has 4 heteroatoms. The van der Waals surface area contributed by atoms with Crippen LogP contribution in [0.4, 0.5) is 4.39 Å². The lowest BCUT2D eigenvalue weighted by atomic mass is 9.87. The van der Waals surface area contributed by atoms with Crippen molar-refractivity contribution in [3.05, 3.63) is 70.7 Å². The number of hydrogen-bond donors (Lipinski definition) is 1. The monoisotopic (exact) mass is 369 g/mol. The number of ketones is 1. The van der Waals surface area contributed by atoms with E-state index in [0.717, 1.165) is 16.7 Å². The molecule has 136 valence electrons. The van der Waals surface area contributed by atoms with Crippen molar-refractivity contribution in [1.82, 2.24) is 0 Å². The van der Waals surface area contributed by atoms with E-state index in [9.17, 15) is 9.18 Å². The standard InChI is InChI=1S/C22H24FNOS/c1-5-15-11-18(23)12-19(21(15)22(25)13(2)3)16-6-8-17(9-7-16)20(26)10-14(4)24/h6-13H,5,24H2,1-4H3/b14-10-. The van der Waals surface area contributed by atoms with E-state index in [2.05, 4.69) is 0 Å². The van der Waals surface area contributed by atoms with Crippen LogP contribution in [0.2, 0.25) is 0 Å². The second kappa shape index (κ2) is 8.37. The number of nitrogens with two attached hydrogens (primary N) is 1.